The predicted octanol–water partition coefficient (Wildman–Crippen LogP) is 12.1. The Hall–Kier alpha value is -3.40. The van der Waals surface area contributed by atoms with Gasteiger partial charge in [-0.25, -0.2) is 9.59 Å². The second-order valence-corrected chi connectivity index (χ2v) is 15.4. The number of unbranched alkanes of at least 4 members (excludes halogenated alkanes) is 2. The largest absolute Gasteiger partial charge is 0.458 e. The summed E-state index contributed by atoms with van der Waals surface area (Å²) in [6.07, 6.45) is 22.0. The molecule has 3 aromatic carbocycles. The van der Waals surface area contributed by atoms with Gasteiger partial charge in [0.15, 0.2) is 6.10 Å². The molecule has 3 saturated carbocycles. The minimum Gasteiger partial charge on any atom is -0.458 e. The van der Waals surface area contributed by atoms with E-state index in [4.69, 9.17) is 9.47 Å². The Labute approximate surface area is 295 Å². The fraction of sp³-hybridized carbons (Fsp3) is 0.556. The molecule has 0 amide bonds. The van der Waals surface area contributed by atoms with E-state index in [0.717, 1.165) is 23.3 Å². The highest BCUT2D eigenvalue weighted by Crippen LogP contribution is 2.43. The van der Waals surface area contributed by atoms with Gasteiger partial charge in [0, 0.05) is 0 Å². The van der Waals surface area contributed by atoms with Crippen LogP contribution in [0.4, 0.5) is 0 Å². The van der Waals surface area contributed by atoms with Gasteiger partial charge in [0.2, 0.25) is 0 Å². The van der Waals surface area contributed by atoms with Gasteiger partial charge < -0.3 is 9.47 Å². The number of rotatable bonds is 13. The number of hydrogen-bond donors (Lipinski definition) is 0. The van der Waals surface area contributed by atoms with E-state index in [1.54, 1.807) is 0 Å². The molecule has 0 aromatic heterocycles. The third-order valence-electron chi connectivity index (χ3n) is 12.2. The first-order valence-corrected chi connectivity index (χ1v) is 19.7. The number of esters is 2. The van der Waals surface area contributed by atoms with Gasteiger partial charge in [-0.05, 0) is 122 Å². The van der Waals surface area contributed by atoms with Gasteiger partial charge in [-0.2, -0.15) is 0 Å². The first-order valence-electron chi connectivity index (χ1n) is 19.7. The summed E-state index contributed by atoms with van der Waals surface area (Å²) in [6.45, 7) is 2.23. The molecule has 49 heavy (non-hydrogen) atoms. The molecule has 3 fully saturated rings. The second kappa shape index (κ2) is 18.0. The number of carbonyl (C=O) groups is 2. The monoisotopic (exact) mass is 662 g/mol. The number of ether oxygens (including phenoxy) is 2. The van der Waals surface area contributed by atoms with Crippen molar-refractivity contribution in [3.63, 3.8) is 0 Å². The Morgan fingerprint density at radius 3 is 1.76 bits per heavy atom. The van der Waals surface area contributed by atoms with E-state index in [2.05, 4.69) is 31.2 Å². The zero-order chi connectivity index (χ0) is 33.8. The van der Waals surface area contributed by atoms with Crippen LogP contribution in [0.25, 0.3) is 0 Å². The number of carbonyl (C=O) groups excluding carboxylic acids is 2. The van der Waals surface area contributed by atoms with Gasteiger partial charge in [0.05, 0.1) is 11.1 Å². The average molecular weight is 663 g/mol. The zero-order valence-electron chi connectivity index (χ0n) is 29.8. The maximum absolute atomic E-state index is 13.4. The molecule has 0 radical (unpaired) electrons. The van der Waals surface area contributed by atoms with E-state index in [9.17, 15) is 9.59 Å². The highest BCUT2D eigenvalue weighted by molar-refractivity contribution is 5.90. The Balaban J connectivity index is 1.00. The summed E-state index contributed by atoms with van der Waals surface area (Å²) in [5.41, 5.74) is 4.50. The Bertz CT molecular complexity index is 1420. The topological polar surface area (TPSA) is 52.6 Å². The van der Waals surface area contributed by atoms with Crippen LogP contribution in [0.3, 0.4) is 0 Å². The summed E-state index contributed by atoms with van der Waals surface area (Å²) < 4.78 is 11.8. The number of hydrogen-bond acceptors (Lipinski definition) is 4. The molecule has 0 aliphatic heterocycles. The zero-order valence-corrected chi connectivity index (χ0v) is 29.8. The lowest BCUT2D eigenvalue weighted by Crippen LogP contribution is -2.23. The summed E-state index contributed by atoms with van der Waals surface area (Å²) in [6, 6.07) is 25.6. The molecule has 4 nitrogen and oxygen atoms in total. The maximum atomic E-state index is 13.4. The quantitative estimate of drug-likeness (QED) is 0.135. The summed E-state index contributed by atoms with van der Waals surface area (Å²) in [4.78, 5) is 26.5. The molecule has 262 valence electrons. The molecule has 6 rings (SSSR count). The lowest BCUT2D eigenvalue weighted by atomic mass is 9.70. The normalized spacial score (nSPS) is 23.8. The van der Waals surface area contributed by atoms with Gasteiger partial charge in [-0.15, -0.1) is 0 Å². The van der Waals surface area contributed by atoms with Crippen LogP contribution >= 0.6 is 0 Å². The minimum atomic E-state index is -0.695. The smallest absolute Gasteiger partial charge is 0.338 e. The van der Waals surface area contributed by atoms with E-state index >= 15 is 0 Å². The highest BCUT2D eigenvalue weighted by Gasteiger charge is 2.29. The maximum Gasteiger partial charge on any atom is 0.338 e. The van der Waals surface area contributed by atoms with Crippen molar-refractivity contribution in [1.82, 2.24) is 0 Å². The lowest BCUT2D eigenvalue weighted by molar-refractivity contribution is -0.00134. The van der Waals surface area contributed by atoms with Crippen LogP contribution in [0.1, 0.15) is 171 Å². The summed E-state index contributed by atoms with van der Waals surface area (Å²) in [5, 5.41) is 0. The Morgan fingerprint density at radius 1 is 0.612 bits per heavy atom. The molecule has 3 aliphatic rings. The van der Waals surface area contributed by atoms with Gasteiger partial charge in [0.1, 0.15) is 6.61 Å². The van der Waals surface area contributed by atoms with Gasteiger partial charge in [-0.1, -0.05) is 119 Å². The molecular formula is C45H58O4. The molecule has 0 saturated heterocycles. The van der Waals surface area contributed by atoms with Crippen molar-refractivity contribution in [2.45, 2.75) is 134 Å². The van der Waals surface area contributed by atoms with Gasteiger partial charge in [-0.3, -0.25) is 0 Å². The standard InChI is InChI=1S/C45H58O4/c1-2-3-6-11-33-16-18-35(19-17-33)38-24-28-41(29-25-38)44(46)48-32-43(40-14-9-5-10-15-40)49-45(47)42-30-26-39(27-31-42)37-22-20-36(21-23-37)34-12-7-4-8-13-34/h5,9-10,14-15,24-31,33-37,43H,2-4,6-8,11-13,16-23,32H2,1H3/t33-,35-,36-,37-,43?. The first-order chi connectivity index (χ1) is 24.1. The second-order valence-electron chi connectivity index (χ2n) is 15.4. The van der Waals surface area contributed by atoms with Crippen molar-refractivity contribution in [3.05, 3.63) is 107 Å². The van der Waals surface area contributed by atoms with Crippen molar-refractivity contribution in [2.75, 3.05) is 6.61 Å². The van der Waals surface area contributed by atoms with Crippen LogP contribution in [-0.2, 0) is 9.47 Å². The average Bonchev–Trinajstić information content (AvgIpc) is 3.17. The minimum absolute atomic E-state index is 0.0410. The molecule has 3 aliphatic carbocycles. The lowest BCUT2D eigenvalue weighted by Gasteiger charge is -2.36. The number of benzene rings is 3. The van der Waals surface area contributed by atoms with E-state index < -0.39 is 18.0 Å². The Kier molecular flexibility index (Phi) is 13.0. The molecule has 0 heterocycles. The molecule has 0 spiro atoms. The van der Waals surface area contributed by atoms with Crippen LogP contribution in [0.15, 0.2) is 78.9 Å². The van der Waals surface area contributed by atoms with E-state index in [1.165, 1.54) is 120 Å². The van der Waals surface area contributed by atoms with Crippen molar-refractivity contribution >= 4 is 11.9 Å². The fourth-order valence-electron chi connectivity index (χ4n) is 9.08. The molecule has 0 bridgehead atoms. The third-order valence-corrected chi connectivity index (χ3v) is 12.2. The van der Waals surface area contributed by atoms with Crippen LogP contribution in [0.5, 0.6) is 0 Å². The van der Waals surface area contributed by atoms with Crippen molar-refractivity contribution < 1.29 is 19.1 Å². The fourth-order valence-corrected chi connectivity index (χ4v) is 9.08. The molecule has 1 unspecified atom stereocenters. The summed E-state index contributed by atoms with van der Waals surface area (Å²) in [7, 11) is 0. The van der Waals surface area contributed by atoms with E-state index in [1.807, 2.05) is 54.6 Å². The summed E-state index contributed by atoms with van der Waals surface area (Å²) in [5.74, 6) is 3.08. The third kappa shape index (κ3) is 9.86. The van der Waals surface area contributed by atoms with E-state index in [-0.39, 0.29) is 6.61 Å². The SMILES string of the molecule is CCCCC[C@H]1CC[C@H](c2ccc(C(=O)OCC(OC(=O)c3ccc([C@H]4CC[C@H](C5CCCCC5)CC4)cc3)c3ccccc3)cc2)CC1. The van der Waals surface area contributed by atoms with Gasteiger partial charge in [0.25, 0.3) is 0 Å². The summed E-state index contributed by atoms with van der Waals surface area (Å²) >= 11 is 0. The highest BCUT2D eigenvalue weighted by atomic mass is 16.6. The van der Waals surface area contributed by atoms with Gasteiger partial charge >= 0.3 is 11.9 Å². The van der Waals surface area contributed by atoms with Crippen LogP contribution in [0, 0.1) is 17.8 Å². The van der Waals surface area contributed by atoms with E-state index in [0.29, 0.717) is 23.0 Å². The Morgan fingerprint density at radius 2 is 1.16 bits per heavy atom. The molecule has 3 aromatic rings. The van der Waals surface area contributed by atoms with Crippen molar-refractivity contribution in [3.8, 4) is 0 Å². The van der Waals surface area contributed by atoms with Crippen molar-refractivity contribution in [1.29, 1.82) is 0 Å². The van der Waals surface area contributed by atoms with Crippen LogP contribution in [-0.4, -0.2) is 18.5 Å². The molecule has 0 N–H and O–H groups in total. The predicted molar refractivity (Wildman–Crippen MR) is 198 cm³/mol. The molecule has 1 atom stereocenters. The molecular weight excluding hydrogens is 604 g/mol. The van der Waals surface area contributed by atoms with Crippen molar-refractivity contribution in [2.24, 2.45) is 17.8 Å². The first kappa shape index (κ1) is 35.4. The van der Waals surface area contributed by atoms with Crippen LogP contribution < -0.4 is 0 Å². The van der Waals surface area contributed by atoms with Crippen LogP contribution in [0.2, 0.25) is 0 Å². The molecule has 4 heteroatoms.